The predicted molar refractivity (Wildman–Crippen MR) is 32.3 cm³/mol. The molecule has 0 aromatic carbocycles. The molecule has 7 heavy (non-hydrogen) atoms. The minimum atomic E-state index is 0.782. The molecular formula is C4H9NOS. The van der Waals surface area contributed by atoms with E-state index in [0.717, 1.165) is 9.97 Å². The van der Waals surface area contributed by atoms with E-state index in [1.165, 1.54) is 13.2 Å². The summed E-state index contributed by atoms with van der Waals surface area (Å²) in [5.41, 5.74) is 0. The zero-order chi connectivity index (χ0) is 5.86. The summed E-state index contributed by atoms with van der Waals surface area (Å²) >= 11 is 3.90. The Hall–Kier alpha value is -0.150. The highest BCUT2D eigenvalue weighted by Crippen LogP contribution is 1.95. The third-order valence-corrected chi connectivity index (χ3v) is 0.489. The molecule has 0 aromatic heterocycles. The van der Waals surface area contributed by atoms with Crippen molar-refractivity contribution < 1.29 is 5.21 Å². The Labute approximate surface area is 48.8 Å². The maximum Gasteiger partial charge on any atom is 0.0358 e. The molecule has 1 N–H and O–H groups in total. The maximum atomic E-state index is 8.43. The molecule has 0 aliphatic rings. The number of nitrogens with zero attached hydrogens (tertiary/aromatic N) is 1. The predicted octanol–water partition coefficient (Wildman–Crippen LogP) is 1.10. The van der Waals surface area contributed by atoms with Crippen molar-refractivity contribution in [3.8, 4) is 0 Å². The first-order valence-electron chi connectivity index (χ1n) is 1.92. The van der Waals surface area contributed by atoms with Crippen molar-refractivity contribution in [1.29, 1.82) is 0 Å². The largest absolute Gasteiger partial charge is 0.289 e. The van der Waals surface area contributed by atoms with Crippen molar-refractivity contribution in [1.82, 2.24) is 5.06 Å². The fraction of sp³-hybridized carbons (Fsp3) is 0.500. The van der Waals surface area contributed by atoms with E-state index in [2.05, 4.69) is 12.6 Å². The number of hydrogen-bond acceptors (Lipinski definition) is 3. The number of hydroxylamine groups is 2. The lowest BCUT2D eigenvalue weighted by molar-refractivity contribution is -0.0132. The Bertz CT molecular complexity index is 75.8. The third-order valence-electron chi connectivity index (χ3n) is 0.374. The van der Waals surface area contributed by atoms with Crippen LogP contribution in [0.1, 0.15) is 6.92 Å². The van der Waals surface area contributed by atoms with E-state index in [0.29, 0.717) is 0 Å². The van der Waals surface area contributed by atoms with Crippen LogP contribution in [0.25, 0.3) is 0 Å². The highest BCUT2D eigenvalue weighted by Gasteiger charge is 1.78. The van der Waals surface area contributed by atoms with Gasteiger partial charge in [-0.2, -0.15) is 0 Å². The van der Waals surface area contributed by atoms with E-state index in [1.807, 2.05) is 0 Å². The van der Waals surface area contributed by atoms with Crippen LogP contribution in [0.15, 0.2) is 11.1 Å². The smallest absolute Gasteiger partial charge is 0.0358 e. The Morgan fingerprint density at radius 1 is 1.86 bits per heavy atom. The van der Waals surface area contributed by atoms with Crippen molar-refractivity contribution >= 4 is 12.6 Å². The van der Waals surface area contributed by atoms with Gasteiger partial charge in [0.05, 0.1) is 0 Å². The second-order valence-electron chi connectivity index (χ2n) is 1.34. The van der Waals surface area contributed by atoms with E-state index >= 15 is 0 Å². The first-order valence-corrected chi connectivity index (χ1v) is 2.36. The topological polar surface area (TPSA) is 23.5 Å². The van der Waals surface area contributed by atoms with Gasteiger partial charge < -0.3 is 0 Å². The molecule has 0 unspecified atom stereocenters. The molecule has 0 amide bonds. The highest BCUT2D eigenvalue weighted by molar-refractivity contribution is 7.84. The van der Waals surface area contributed by atoms with Gasteiger partial charge in [-0.15, -0.1) is 12.6 Å². The number of hydrogen-bond donors (Lipinski definition) is 2. The third kappa shape index (κ3) is 5.85. The minimum Gasteiger partial charge on any atom is -0.289 e. The lowest BCUT2D eigenvalue weighted by atomic mass is 10.7. The van der Waals surface area contributed by atoms with Crippen molar-refractivity contribution in [2.45, 2.75) is 6.92 Å². The molecular weight excluding hydrogens is 110 g/mol. The van der Waals surface area contributed by atoms with Crippen molar-refractivity contribution in [2.75, 3.05) is 7.05 Å². The average Bonchev–Trinajstić information content (AvgIpc) is 1.27. The van der Waals surface area contributed by atoms with Crippen LogP contribution in [-0.4, -0.2) is 17.3 Å². The molecule has 0 radical (unpaired) electrons. The molecule has 0 aliphatic heterocycles. The standard InChI is InChI=1S/C4H9NOS/c1-4(7)3-5(2)6/h3,6-7H,1-2H3/b4-3-. The van der Waals surface area contributed by atoms with Gasteiger partial charge >= 0.3 is 0 Å². The number of rotatable bonds is 1. The Balaban J connectivity index is 3.45. The van der Waals surface area contributed by atoms with Crippen LogP contribution in [0, 0.1) is 0 Å². The summed E-state index contributed by atoms with van der Waals surface area (Å²) in [4.78, 5) is 0.782. The van der Waals surface area contributed by atoms with Crippen molar-refractivity contribution in [3.63, 3.8) is 0 Å². The molecule has 0 atom stereocenters. The van der Waals surface area contributed by atoms with Gasteiger partial charge in [0.1, 0.15) is 0 Å². The van der Waals surface area contributed by atoms with E-state index in [-0.39, 0.29) is 0 Å². The maximum absolute atomic E-state index is 8.43. The van der Waals surface area contributed by atoms with Gasteiger partial charge in [0.25, 0.3) is 0 Å². The molecule has 0 spiro atoms. The molecule has 0 aliphatic carbocycles. The van der Waals surface area contributed by atoms with E-state index in [4.69, 9.17) is 5.21 Å². The second kappa shape index (κ2) is 2.93. The highest BCUT2D eigenvalue weighted by atomic mass is 32.1. The molecule has 2 nitrogen and oxygen atoms in total. The molecule has 0 fully saturated rings. The molecule has 0 rings (SSSR count). The summed E-state index contributed by atoms with van der Waals surface area (Å²) in [6.45, 7) is 1.79. The van der Waals surface area contributed by atoms with Gasteiger partial charge in [0, 0.05) is 13.2 Å². The molecule has 0 aromatic rings. The quantitative estimate of drug-likeness (QED) is 0.399. The minimum absolute atomic E-state index is 0.782. The summed E-state index contributed by atoms with van der Waals surface area (Å²) < 4.78 is 0. The summed E-state index contributed by atoms with van der Waals surface area (Å²) in [6, 6.07) is 0. The van der Waals surface area contributed by atoms with Crippen LogP contribution in [0.3, 0.4) is 0 Å². The number of allylic oxidation sites excluding steroid dienone is 1. The SMILES string of the molecule is C/C(S)=C/N(C)O. The zero-order valence-corrected chi connectivity index (χ0v) is 5.31. The Morgan fingerprint density at radius 3 is 2.29 bits per heavy atom. The van der Waals surface area contributed by atoms with E-state index in [1.54, 1.807) is 6.92 Å². The van der Waals surface area contributed by atoms with E-state index < -0.39 is 0 Å². The molecule has 0 bridgehead atoms. The van der Waals surface area contributed by atoms with Gasteiger partial charge in [-0.1, -0.05) is 0 Å². The summed E-state index contributed by atoms with van der Waals surface area (Å²) in [6.07, 6.45) is 1.50. The van der Waals surface area contributed by atoms with Gasteiger partial charge in [-0.25, -0.2) is 0 Å². The molecule has 0 heterocycles. The Kier molecular flexibility index (Phi) is 2.87. The molecule has 0 saturated heterocycles. The van der Waals surface area contributed by atoms with Crippen molar-refractivity contribution in [2.24, 2.45) is 0 Å². The van der Waals surface area contributed by atoms with E-state index in [9.17, 15) is 0 Å². The van der Waals surface area contributed by atoms with Gasteiger partial charge in [0.15, 0.2) is 0 Å². The Morgan fingerprint density at radius 2 is 2.29 bits per heavy atom. The monoisotopic (exact) mass is 119 g/mol. The van der Waals surface area contributed by atoms with Crippen LogP contribution >= 0.6 is 12.6 Å². The first kappa shape index (κ1) is 6.85. The lowest BCUT2D eigenvalue weighted by Crippen LogP contribution is -2.01. The van der Waals surface area contributed by atoms with Gasteiger partial charge in [0.2, 0.25) is 0 Å². The second-order valence-corrected chi connectivity index (χ2v) is 2.05. The van der Waals surface area contributed by atoms with Crippen LogP contribution < -0.4 is 0 Å². The van der Waals surface area contributed by atoms with Crippen LogP contribution in [0.2, 0.25) is 0 Å². The van der Waals surface area contributed by atoms with Crippen LogP contribution in [-0.2, 0) is 0 Å². The lowest BCUT2D eigenvalue weighted by Gasteiger charge is -2.00. The van der Waals surface area contributed by atoms with Gasteiger partial charge in [-0.3, -0.25) is 10.3 Å². The van der Waals surface area contributed by atoms with Gasteiger partial charge in [-0.05, 0) is 11.8 Å². The zero-order valence-electron chi connectivity index (χ0n) is 4.42. The van der Waals surface area contributed by atoms with Crippen LogP contribution in [0.5, 0.6) is 0 Å². The fourth-order valence-electron chi connectivity index (χ4n) is 0.270. The summed E-state index contributed by atoms with van der Waals surface area (Å²) in [5.74, 6) is 0. The normalized spacial score (nSPS) is 11.7. The summed E-state index contributed by atoms with van der Waals surface area (Å²) in [5, 5.41) is 9.39. The molecule has 0 saturated carbocycles. The fourth-order valence-corrected chi connectivity index (χ4v) is 0.437. The summed E-state index contributed by atoms with van der Waals surface area (Å²) in [7, 11) is 1.53. The van der Waals surface area contributed by atoms with Crippen LogP contribution in [0.4, 0.5) is 0 Å². The average molecular weight is 119 g/mol. The van der Waals surface area contributed by atoms with Crippen molar-refractivity contribution in [3.05, 3.63) is 11.1 Å². The number of thiol groups is 1. The first-order chi connectivity index (χ1) is 3.13. The molecule has 3 heteroatoms. The molecule has 42 valence electrons.